The van der Waals surface area contributed by atoms with Gasteiger partial charge in [-0.15, -0.1) is 0 Å². The second kappa shape index (κ2) is 6.07. The van der Waals surface area contributed by atoms with Gasteiger partial charge in [-0.2, -0.15) is 13.2 Å². The first-order valence-corrected chi connectivity index (χ1v) is 6.70. The minimum absolute atomic E-state index is 0.0400. The molecule has 2 rings (SSSR count). The van der Waals surface area contributed by atoms with Crippen molar-refractivity contribution in [3.05, 3.63) is 23.2 Å². The van der Waals surface area contributed by atoms with Gasteiger partial charge in [0.15, 0.2) is 0 Å². The smallest absolute Gasteiger partial charge is 0.393 e. The molecule has 118 valence electrons. The summed E-state index contributed by atoms with van der Waals surface area (Å²) < 4.78 is 43.7. The van der Waals surface area contributed by atoms with Crippen molar-refractivity contribution in [2.45, 2.75) is 32.5 Å². The van der Waals surface area contributed by atoms with Gasteiger partial charge in [0.25, 0.3) is 5.91 Å². The van der Waals surface area contributed by atoms with Crippen molar-refractivity contribution in [2.75, 3.05) is 13.1 Å². The number of alkyl halides is 3. The molecule has 5 nitrogen and oxygen atoms in total. The number of furan rings is 1. The van der Waals surface area contributed by atoms with Crippen molar-refractivity contribution < 1.29 is 22.4 Å². The summed E-state index contributed by atoms with van der Waals surface area (Å²) in [5, 5.41) is 0. The fourth-order valence-electron chi connectivity index (χ4n) is 2.61. The number of carbonyl (C=O) groups excluding carboxylic acids is 1. The lowest BCUT2D eigenvalue weighted by atomic mass is 9.97. The van der Waals surface area contributed by atoms with Crippen LogP contribution in [0.5, 0.6) is 0 Å². The Morgan fingerprint density at radius 1 is 1.57 bits per heavy atom. The molecular weight excluding hydrogens is 287 g/mol. The lowest BCUT2D eigenvalue weighted by Gasteiger charge is -2.33. The maximum atomic E-state index is 12.8. The van der Waals surface area contributed by atoms with E-state index in [1.54, 1.807) is 11.8 Å². The van der Waals surface area contributed by atoms with Gasteiger partial charge in [0.1, 0.15) is 11.5 Å². The third-order valence-corrected chi connectivity index (χ3v) is 3.69. The average Bonchev–Trinajstić information content (AvgIpc) is 2.78. The summed E-state index contributed by atoms with van der Waals surface area (Å²) in [5.41, 5.74) is 2.31. The first-order chi connectivity index (χ1) is 9.81. The van der Waals surface area contributed by atoms with Gasteiger partial charge in [0.05, 0.1) is 18.0 Å². The predicted molar refractivity (Wildman–Crippen MR) is 69.2 cm³/mol. The normalized spacial score (nSPS) is 20.5. The number of carbonyl (C=O) groups is 1. The highest BCUT2D eigenvalue weighted by molar-refractivity contribution is 5.94. The summed E-state index contributed by atoms with van der Waals surface area (Å²) in [6.07, 6.45) is -3.50. The summed E-state index contributed by atoms with van der Waals surface area (Å²) in [6, 6.07) is 1.52. The zero-order chi connectivity index (χ0) is 15.6. The summed E-state index contributed by atoms with van der Waals surface area (Å²) in [5.74, 6) is 4.15. The van der Waals surface area contributed by atoms with Gasteiger partial charge in [-0.3, -0.25) is 15.1 Å². The molecule has 8 heteroatoms. The molecule has 1 aliphatic heterocycles. The highest BCUT2D eigenvalue weighted by Crippen LogP contribution is 2.33. The number of piperidine rings is 1. The molecule has 1 aliphatic rings. The molecule has 1 aromatic heterocycles. The van der Waals surface area contributed by atoms with Crippen LogP contribution in [0.25, 0.3) is 0 Å². The molecule has 1 unspecified atom stereocenters. The number of likely N-dealkylation sites (tertiary alicyclic amines) is 1. The largest absolute Gasteiger partial charge is 0.464 e. The number of hydrazine groups is 1. The Bertz CT molecular complexity index is 513. The highest BCUT2D eigenvalue weighted by Gasteiger charge is 2.41. The quantitative estimate of drug-likeness (QED) is 0.509. The Balaban J connectivity index is 2.03. The van der Waals surface area contributed by atoms with E-state index in [-0.39, 0.29) is 19.5 Å². The molecule has 1 atom stereocenters. The van der Waals surface area contributed by atoms with Gasteiger partial charge < -0.3 is 4.42 Å². The van der Waals surface area contributed by atoms with Crippen LogP contribution in [0.1, 0.15) is 34.7 Å². The average molecular weight is 305 g/mol. The highest BCUT2D eigenvalue weighted by atomic mass is 19.4. The Labute approximate surface area is 120 Å². The van der Waals surface area contributed by atoms with E-state index in [1.807, 2.05) is 5.43 Å². The third-order valence-electron chi connectivity index (χ3n) is 3.69. The number of nitrogens with two attached hydrogens (primary N) is 1. The summed E-state index contributed by atoms with van der Waals surface area (Å²) in [7, 11) is 0. The molecule has 2 heterocycles. The second-order valence-electron chi connectivity index (χ2n) is 5.27. The van der Waals surface area contributed by atoms with E-state index in [2.05, 4.69) is 0 Å². The molecular formula is C13H18F3N3O2. The molecule has 1 amide bonds. The van der Waals surface area contributed by atoms with Crippen molar-refractivity contribution in [3.63, 3.8) is 0 Å². The van der Waals surface area contributed by atoms with E-state index in [9.17, 15) is 18.0 Å². The molecule has 21 heavy (non-hydrogen) atoms. The summed E-state index contributed by atoms with van der Waals surface area (Å²) >= 11 is 0. The summed E-state index contributed by atoms with van der Waals surface area (Å²) in [6.45, 7) is 2.42. The lowest BCUT2D eigenvalue weighted by Crippen LogP contribution is -2.41. The monoisotopic (exact) mass is 305 g/mol. The fourth-order valence-corrected chi connectivity index (χ4v) is 2.61. The van der Waals surface area contributed by atoms with Gasteiger partial charge in [0.2, 0.25) is 0 Å². The molecule has 0 bridgehead atoms. The van der Waals surface area contributed by atoms with Gasteiger partial charge in [-0.25, -0.2) is 5.84 Å². The number of nitrogens with one attached hydrogen (secondary N) is 1. The number of hydrogen-bond donors (Lipinski definition) is 2. The Morgan fingerprint density at radius 3 is 2.90 bits per heavy atom. The molecule has 0 saturated carbocycles. The second-order valence-corrected chi connectivity index (χ2v) is 5.27. The number of hydrogen-bond acceptors (Lipinski definition) is 4. The predicted octanol–water partition coefficient (Wildman–Crippen LogP) is 1.97. The van der Waals surface area contributed by atoms with Crippen LogP contribution in [0.3, 0.4) is 0 Å². The Hall–Kier alpha value is -1.54. The number of nitrogens with zero attached hydrogens (tertiary/aromatic N) is 1. The zero-order valence-corrected chi connectivity index (χ0v) is 11.7. The van der Waals surface area contributed by atoms with E-state index in [4.69, 9.17) is 10.3 Å². The van der Waals surface area contributed by atoms with Crippen LogP contribution in [0.4, 0.5) is 13.2 Å². The van der Waals surface area contributed by atoms with E-state index >= 15 is 0 Å². The van der Waals surface area contributed by atoms with E-state index in [0.717, 1.165) is 0 Å². The fraction of sp³-hybridized carbons (Fsp3) is 0.615. The van der Waals surface area contributed by atoms with Crippen molar-refractivity contribution in [1.29, 1.82) is 0 Å². The number of rotatable bonds is 3. The minimum atomic E-state index is -4.16. The molecule has 0 spiro atoms. The standard InChI is InChI=1S/C13H18F3N3O2/c1-8-11(12(20)18-17)5-10(21-8)7-19-4-2-3-9(6-19)13(14,15)16/h5,9H,2-4,6-7,17H2,1H3,(H,18,20). The van der Waals surface area contributed by atoms with Crippen LogP contribution in [0.2, 0.25) is 0 Å². The Kier molecular flexibility index (Phi) is 4.58. The number of halogens is 3. The van der Waals surface area contributed by atoms with E-state index in [1.165, 1.54) is 6.07 Å². The third kappa shape index (κ3) is 3.76. The number of nitrogen functional groups attached to an aromatic ring is 1. The van der Waals surface area contributed by atoms with Crippen molar-refractivity contribution in [3.8, 4) is 0 Å². The maximum Gasteiger partial charge on any atom is 0.393 e. The molecule has 0 aromatic carbocycles. The van der Waals surface area contributed by atoms with Crippen LogP contribution in [-0.2, 0) is 6.54 Å². The summed E-state index contributed by atoms with van der Waals surface area (Å²) in [4.78, 5) is 13.2. The van der Waals surface area contributed by atoms with Crippen LogP contribution in [0, 0.1) is 12.8 Å². The van der Waals surface area contributed by atoms with E-state index in [0.29, 0.717) is 30.0 Å². The van der Waals surface area contributed by atoms with E-state index < -0.39 is 18.0 Å². The lowest BCUT2D eigenvalue weighted by molar-refractivity contribution is -0.187. The first kappa shape index (κ1) is 15.8. The van der Waals surface area contributed by atoms with Gasteiger partial charge in [0, 0.05) is 6.54 Å². The SMILES string of the molecule is Cc1oc(CN2CCCC(C(F)(F)F)C2)cc1C(=O)NN. The number of aryl methyl sites for hydroxylation is 1. The van der Waals surface area contributed by atoms with Gasteiger partial charge in [-0.1, -0.05) is 0 Å². The number of amides is 1. The maximum absolute atomic E-state index is 12.8. The molecule has 1 saturated heterocycles. The van der Waals surface area contributed by atoms with Crippen LogP contribution < -0.4 is 11.3 Å². The zero-order valence-electron chi connectivity index (χ0n) is 11.7. The van der Waals surface area contributed by atoms with Crippen LogP contribution in [0.15, 0.2) is 10.5 Å². The molecule has 0 radical (unpaired) electrons. The van der Waals surface area contributed by atoms with Gasteiger partial charge >= 0.3 is 6.18 Å². The first-order valence-electron chi connectivity index (χ1n) is 6.70. The van der Waals surface area contributed by atoms with Crippen LogP contribution in [-0.4, -0.2) is 30.1 Å². The van der Waals surface area contributed by atoms with Crippen LogP contribution >= 0.6 is 0 Å². The van der Waals surface area contributed by atoms with Crippen molar-refractivity contribution in [1.82, 2.24) is 10.3 Å². The van der Waals surface area contributed by atoms with Gasteiger partial charge in [-0.05, 0) is 32.4 Å². The molecule has 1 aromatic rings. The molecule has 1 fully saturated rings. The molecule has 0 aliphatic carbocycles. The minimum Gasteiger partial charge on any atom is -0.464 e. The van der Waals surface area contributed by atoms with Crippen molar-refractivity contribution >= 4 is 5.91 Å². The van der Waals surface area contributed by atoms with Crippen molar-refractivity contribution in [2.24, 2.45) is 11.8 Å². The topological polar surface area (TPSA) is 71.5 Å². The molecule has 3 N–H and O–H groups in total. The Morgan fingerprint density at radius 2 is 2.29 bits per heavy atom.